The third-order valence-corrected chi connectivity index (χ3v) is 5.42. The Hall–Kier alpha value is -2.11. The van der Waals surface area contributed by atoms with E-state index in [2.05, 4.69) is 43.8 Å². The number of aromatic nitrogens is 4. The van der Waals surface area contributed by atoms with E-state index in [1.54, 1.807) is 13.2 Å². The zero-order valence-corrected chi connectivity index (χ0v) is 18.1. The molecule has 0 atom stereocenters. The summed E-state index contributed by atoms with van der Waals surface area (Å²) < 4.78 is 0. The van der Waals surface area contributed by atoms with Gasteiger partial charge in [0.1, 0.15) is 5.82 Å². The first-order valence-corrected chi connectivity index (χ1v) is 11.1. The number of anilines is 3. The molecular weight excluding hydrogens is 348 g/mol. The summed E-state index contributed by atoms with van der Waals surface area (Å²) in [5.41, 5.74) is 1.22. The van der Waals surface area contributed by atoms with Crippen molar-refractivity contribution in [2.45, 2.75) is 84.5 Å². The zero-order chi connectivity index (χ0) is 20.2. The number of hydrogen-bond donors (Lipinski definition) is 3. The molecule has 0 spiro atoms. The van der Waals surface area contributed by atoms with Crippen molar-refractivity contribution in [2.24, 2.45) is 5.92 Å². The van der Waals surface area contributed by atoms with Crippen molar-refractivity contribution >= 4 is 17.6 Å². The molecule has 2 aliphatic carbocycles. The van der Waals surface area contributed by atoms with Crippen LogP contribution in [-0.2, 0) is 0 Å². The standard InChI is InChI=1S/C13H18N6.C7H14.C2H6/c1-14-13-15-7-6-11(17-13)16-12-8-10(18-19-12)9-4-2-3-5-9;1-7-5-3-2-4-6-7;1-2/h6-9H,2-5H2,1H3,(H3,14,15,16,17,18,19);7H,2-6H2,1H3;1-2H3. The average Bonchev–Trinajstić information content (AvgIpc) is 3.43. The molecule has 0 saturated heterocycles. The maximum atomic E-state index is 4.31. The molecule has 0 radical (unpaired) electrons. The number of hydrogen-bond acceptors (Lipinski definition) is 5. The lowest BCUT2D eigenvalue weighted by Crippen LogP contribution is -1.99. The third kappa shape index (κ3) is 7.13. The van der Waals surface area contributed by atoms with E-state index in [0.29, 0.717) is 11.9 Å². The first-order chi connectivity index (χ1) is 13.7. The van der Waals surface area contributed by atoms with Gasteiger partial charge in [0.25, 0.3) is 0 Å². The summed E-state index contributed by atoms with van der Waals surface area (Å²) in [5, 5.41) is 13.5. The van der Waals surface area contributed by atoms with E-state index >= 15 is 0 Å². The number of aromatic amines is 1. The molecule has 0 aliphatic heterocycles. The largest absolute Gasteiger partial charge is 0.357 e. The molecule has 0 bridgehead atoms. The predicted molar refractivity (Wildman–Crippen MR) is 118 cm³/mol. The molecule has 6 nitrogen and oxygen atoms in total. The molecule has 0 amide bonds. The number of nitrogens with zero attached hydrogens (tertiary/aromatic N) is 3. The highest BCUT2D eigenvalue weighted by Gasteiger charge is 2.19. The smallest absolute Gasteiger partial charge is 0.224 e. The Balaban J connectivity index is 0.000000261. The zero-order valence-electron chi connectivity index (χ0n) is 18.1. The molecule has 0 unspecified atom stereocenters. The Labute approximate surface area is 170 Å². The second kappa shape index (κ2) is 12.4. The van der Waals surface area contributed by atoms with Crippen molar-refractivity contribution in [3.63, 3.8) is 0 Å². The van der Waals surface area contributed by atoms with Gasteiger partial charge in [-0.25, -0.2) is 4.98 Å². The van der Waals surface area contributed by atoms with Crippen LogP contribution in [0, 0.1) is 5.92 Å². The summed E-state index contributed by atoms with van der Waals surface area (Å²) in [7, 11) is 1.80. The van der Waals surface area contributed by atoms with E-state index in [1.807, 2.05) is 19.9 Å². The summed E-state index contributed by atoms with van der Waals surface area (Å²) in [5.74, 6) is 3.82. The van der Waals surface area contributed by atoms with E-state index < -0.39 is 0 Å². The highest BCUT2D eigenvalue weighted by molar-refractivity contribution is 5.53. The Morgan fingerprint density at radius 1 is 0.964 bits per heavy atom. The fourth-order valence-electron chi connectivity index (χ4n) is 3.83. The predicted octanol–water partition coefficient (Wildman–Crippen LogP) is 6.26. The van der Waals surface area contributed by atoms with Crippen LogP contribution in [0.2, 0.25) is 0 Å². The molecule has 0 aromatic carbocycles. The molecule has 156 valence electrons. The molecule has 2 saturated carbocycles. The van der Waals surface area contributed by atoms with Crippen molar-refractivity contribution in [3.8, 4) is 0 Å². The lowest BCUT2D eigenvalue weighted by Gasteiger charge is -2.15. The first-order valence-electron chi connectivity index (χ1n) is 11.1. The lowest BCUT2D eigenvalue weighted by molar-refractivity contribution is 0.385. The van der Waals surface area contributed by atoms with Gasteiger partial charge in [-0.1, -0.05) is 65.7 Å². The Kier molecular flexibility index (Phi) is 9.80. The average molecular weight is 387 g/mol. The van der Waals surface area contributed by atoms with Crippen LogP contribution in [0.25, 0.3) is 0 Å². The van der Waals surface area contributed by atoms with Gasteiger partial charge in [0, 0.05) is 30.9 Å². The monoisotopic (exact) mass is 386 g/mol. The Bertz CT molecular complexity index is 657. The number of nitrogens with one attached hydrogen (secondary N) is 3. The van der Waals surface area contributed by atoms with Crippen LogP contribution in [0.4, 0.5) is 17.6 Å². The molecule has 2 heterocycles. The molecule has 2 aromatic rings. The van der Waals surface area contributed by atoms with E-state index in [9.17, 15) is 0 Å². The van der Waals surface area contributed by atoms with Gasteiger partial charge in [-0.2, -0.15) is 10.1 Å². The number of H-pyrrole nitrogens is 1. The van der Waals surface area contributed by atoms with Crippen molar-refractivity contribution in [1.29, 1.82) is 0 Å². The van der Waals surface area contributed by atoms with E-state index in [4.69, 9.17) is 0 Å². The van der Waals surface area contributed by atoms with E-state index in [1.165, 1.54) is 63.5 Å². The van der Waals surface area contributed by atoms with Gasteiger partial charge >= 0.3 is 0 Å². The Morgan fingerprint density at radius 2 is 1.64 bits per heavy atom. The maximum absolute atomic E-state index is 4.31. The minimum Gasteiger partial charge on any atom is -0.357 e. The van der Waals surface area contributed by atoms with Gasteiger partial charge in [-0.15, -0.1) is 0 Å². The lowest BCUT2D eigenvalue weighted by atomic mass is 9.91. The quantitative estimate of drug-likeness (QED) is 0.578. The molecule has 2 aliphatic rings. The van der Waals surface area contributed by atoms with Gasteiger partial charge < -0.3 is 10.6 Å². The topological polar surface area (TPSA) is 78.5 Å². The highest BCUT2D eigenvalue weighted by atomic mass is 15.2. The molecule has 2 aromatic heterocycles. The Morgan fingerprint density at radius 3 is 2.25 bits per heavy atom. The summed E-state index contributed by atoms with van der Waals surface area (Å²) in [6, 6.07) is 3.90. The van der Waals surface area contributed by atoms with Crippen molar-refractivity contribution in [2.75, 3.05) is 17.7 Å². The van der Waals surface area contributed by atoms with Crippen LogP contribution in [0.5, 0.6) is 0 Å². The fourth-order valence-corrected chi connectivity index (χ4v) is 3.83. The van der Waals surface area contributed by atoms with Gasteiger partial charge in [0.05, 0.1) is 0 Å². The van der Waals surface area contributed by atoms with Crippen LogP contribution in [0.1, 0.15) is 90.2 Å². The summed E-state index contributed by atoms with van der Waals surface area (Å²) in [6.45, 7) is 6.36. The minimum atomic E-state index is 0.594. The second-order valence-corrected chi connectivity index (χ2v) is 7.57. The van der Waals surface area contributed by atoms with Crippen molar-refractivity contribution in [1.82, 2.24) is 20.2 Å². The molecule has 4 rings (SSSR count). The molecule has 6 heteroatoms. The summed E-state index contributed by atoms with van der Waals surface area (Å²) in [4.78, 5) is 8.38. The normalized spacial score (nSPS) is 17.1. The van der Waals surface area contributed by atoms with Crippen LogP contribution in [0.15, 0.2) is 18.3 Å². The van der Waals surface area contributed by atoms with E-state index in [0.717, 1.165) is 17.6 Å². The SMILES string of the molecule is CC.CC1CCCCC1.CNc1nccc(Nc2cc(C3CCCC3)[nH]n2)n1. The molecule has 28 heavy (non-hydrogen) atoms. The third-order valence-electron chi connectivity index (χ3n) is 5.42. The van der Waals surface area contributed by atoms with Gasteiger partial charge in [-0.3, -0.25) is 5.10 Å². The van der Waals surface area contributed by atoms with Crippen LogP contribution in [0.3, 0.4) is 0 Å². The maximum Gasteiger partial charge on any atom is 0.224 e. The van der Waals surface area contributed by atoms with Gasteiger partial charge in [0.15, 0.2) is 5.82 Å². The van der Waals surface area contributed by atoms with Gasteiger partial charge in [0.2, 0.25) is 5.95 Å². The molecule has 2 fully saturated rings. The van der Waals surface area contributed by atoms with E-state index in [-0.39, 0.29) is 0 Å². The molecule has 3 N–H and O–H groups in total. The first kappa shape index (κ1) is 22.2. The van der Waals surface area contributed by atoms with Crippen LogP contribution in [-0.4, -0.2) is 27.2 Å². The summed E-state index contributed by atoms with van der Waals surface area (Å²) >= 11 is 0. The van der Waals surface area contributed by atoms with Crippen molar-refractivity contribution in [3.05, 3.63) is 24.0 Å². The minimum absolute atomic E-state index is 0.594. The number of rotatable bonds is 4. The van der Waals surface area contributed by atoms with Crippen molar-refractivity contribution < 1.29 is 0 Å². The summed E-state index contributed by atoms with van der Waals surface area (Å²) in [6.07, 6.45) is 14.3. The second-order valence-electron chi connectivity index (χ2n) is 7.57. The highest BCUT2D eigenvalue weighted by Crippen LogP contribution is 2.33. The fraction of sp³-hybridized carbons (Fsp3) is 0.682. The molecular formula is C22H38N6. The van der Waals surface area contributed by atoms with Gasteiger partial charge in [-0.05, 0) is 24.8 Å². The van der Waals surface area contributed by atoms with Crippen LogP contribution >= 0.6 is 0 Å². The van der Waals surface area contributed by atoms with Crippen LogP contribution < -0.4 is 10.6 Å².